The minimum atomic E-state index is 0.165. The van der Waals surface area contributed by atoms with Gasteiger partial charge in [-0.1, -0.05) is 31.5 Å². The Kier molecular flexibility index (Phi) is 3.21. The van der Waals surface area contributed by atoms with Crippen LogP contribution < -0.4 is 5.32 Å². The van der Waals surface area contributed by atoms with Gasteiger partial charge in [0.1, 0.15) is 0 Å². The minimum Gasteiger partial charge on any atom is -0.376 e. The predicted octanol–water partition coefficient (Wildman–Crippen LogP) is 4.78. The summed E-state index contributed by atoms with van der Waals surface area (Å²) in [5.41, 5.74) is 4.95. The lowest BCUT2D eigenvalue weighted by atomic mass is 9.85. The molecule has 0 spiro atoms. The Hall–Kier alpha value is -1.54. The molecular formula is C17H19ClN2. The van der Waals surface area contributed by atoms with E-state index >= 15 is 0 Å². The lowest BCUT2D eigenvalue weighted by Gasteiger charge is -2.29. The maximum absolute atomic E-state index is 6.17. The smallest absolute Gasteiger partial charge is 0.0571 e. The highest BCUT2D eigenvalue weighted by molar-refractivity contribution is 6.30. The first-order valence-corrected chi connectivity index (χ1v) is 7.31. The summed E-state index contributed by atoms with van der Waals surface area (Å²) in [6.45, 7) is 6.58. The SMILES string of the molecule is Cc1ccc(NC2c3cc(Cl)ccc3CC2(C)C)cn1. The third-order valence-corrected chi connectivity index (χ3v) is 4.30. The molecule has 0 aliphatic heterocycles. The first-order chi connectivity index (χ1) is 9.45. The Bertz CT molecular complexity index is 632. The van der Waals surface area contributed by atoms with Gasteiger partial charge in [-0.3, -0.25) is 4.98 Å². The number of nitrogens with one attached hydrogen (secondary N) is 1. The van der Waals surface area contributed by atoms with Crippen LogP contribution in [0.5, 0.6) is 0 Å². The minimum absolute atomic E-state index is 0.165. The molecule has 1 unspecified atom stereocenters. The highest BCUT2D eigenvalue weighted by Crippen LogP contribution is 2.47. The van der Waals surface area contributed by atoms with E-state index in [-0.39, 0.29) is 11.5 Å². The maximum atomic E-state index is 6.17. The number of anilines is 1. The van der Waals surface area contributed by atoms with Crippen molar-refractivity contribution in [3.05, 3.63) is 58.4 Å². The van der Waals surface area contributed by atoms with Crippen LogP contribution >= 0.6 is 11.6 Å². The van der Waals surface area contributed by atoms with Crippen molar-refractivity contribution in [3.8, 4) is 0 Å². The number of hydrogen-bond acceptors (Lipinski definition) is 2. The predicted molar refractivity (Wildman–Crippen MR) is 84.3 cm³/mol. The first-order valence-electron chi connectivity index (χ1n) is 6.93. The maximum Gasteiger partial charge on any atom is 0.0571 e. The number of nitrogens with zero attached hydrogens (tertiary/aromatic N) is 1. The quantitative estimate of drug-likeness (QED) is 0.859. The Morgan fingerprint density at radius 2 is 2.05 bits per heavy atom. The lowest BCUT2D eigenvalue weighted by molar-refractivity contribution is 0.337. The second kappa shape index (κ2) is 4.78. The van der Waals surface area contributed by atoms with Crippen molar-refractivity contribution < 1.29 is 0 Å². The first kappa shape index (κ1) is 13.4. The van der Waals surface area contributed by atoms with Gasteiger partial charge >= 0.3 is 0 Å². The van der Waals surface area contributed by atoms with Gasteiger partial charge in [0.2, 0.25) is 0 Å². The Balaban J connectivity index is 1.95. The molecule has 1 N–H and O–H groups in total. The molecule has 1 aromatic carbocycles. The van der Waals surface area contributed by atoms with Crippen LogP contribution in [-0.4, -0.2) is 4.98 Å². The summed E-state index contributed by atoms with van der Waals surface area (Å²) in [4.78, 5) is 4.35. The van der Waals surface area contributed by atoms with E-state index in [1.54, 1.807) is 0 Å². The monoisotopic (exact) mass is 286 g/mol. The summed E-state index contributed by atoms with van der Waals surface area (Å²) < 4.78 is 0. The van der Waals surface area contributed by atoms with E-state index in [1.165, 1.54) is 11.1 Å². The summed E-state index contributed by atoms with van der Waals surface area (Å²) in [7, 11) is 0. The van der Waals surface area contributed by atoms with Gasteiger partial charge < -0.3 is 5.32 Å². The fourth-order valence-corrected chi connectivity index (χ4v) is 3.18. The molecule has 2 aromatic rings. The zero-order valence-corrected chi connectivity index (χ0v) is 12.8. The number of rotatable bonds is 2. The van der Waals surface area contributed by atoms with Crippen molar-refractivity contribution in [2.24, 2.45) is 5.41 Å². The van der Waals surface area contributed by atoms with Crippen LogP contribution in [0.25, 0.3) is 0 Å². The third-order valence-electron chi connectivity index (χ3n) is 4.07. The molecule has 104 valence electrons. The van der Waals surface area contributed by atoms with Crippen molar-refractivity contribution in [1.82, 2.24) is 4.98 Å². The second-order valence-electron chi connectivity index (χ2n) is 6.27. The van der Waals surface area contributed by atoms with E-state index in [0.29, 0.717) is 0 Å². The molecule has 0 saturated heterocycles. The van der Waals surface area contributed by atoms with E-state index < -0.39 is 0 Å². The van der Waals surface area contributed by atoms with Gasteiger partial charge in [-0.2, -0.15) is 0 Å². The standard InChI is InChI=1S/C17H19ClN2/c1-11-4-7-14(10-19-11)20-16-15-8-13(18)6-5-12(15)9-17(16,2)3/h4-8,10,16,20H,9H2,1-3H3. The van der Waals surface area contributed by atoms with Gasteiger partial charge in [-0.05, 0) is 54.2 Å². The van der Waals surface area contributed by atoms with Gasteiger partial charge in [-0.15, -0.1) is 0 Å². The van der Waals surface area contributed by atoms with Crippen molar-refractivity contribution in [3.63, 3.8) is 0 Å². The zero-order chi connectivity index (χ0) is 14.3. The van der Waals surface area contributed by atoms with Crippen molar-refractivity contribution >= 4 is 17.3 Å². The average Bonchev–Trinajstić information content (AvgIpc) is 2.63. The molecule has 1 aliphatic carbocycles. The van der Waals surface area contributed by atoms with Crippen molar-refractivity contribution in [2.45, 2.75) is 33.2 Å². The number of aromatic nitrogens is 1. The Labute approximate surface area is 125 Å². The van der Waals surface area contributed by atoms with E-state index in [2.05, 4.69) is 42.3 Å². The van der Waals surface area contributed by atoms with Crippen LogP contribution in [0, 0.1) is 12.3 Å². The number of benzene rings is 1. The molecule has 0 fully saturated rings. The fraction of sp³-hybridized carbons (Fsp3) is 0.353. The summed E-state index contributed by atoms with van der Waals surface area (Å²) >= 11 is 6.17. The number of pyridine rings is 1. The number of hydrogen-bond donors (Lipinski definition) is 1. The van der Waals surface area contributed by atoms with Gasteiger partial charge in [0.25, 0.3) is 0 Å². The fourth-order valence-electron chi connectivity index (χ4n) is 3.00. The van der Waals surface area contributed by atoms with Crippen LogP contribution in [0.15, 0.2) is 36.5 Å². The topological polar surface area (TPSA) is 24.9 Å². The van der Waals surface area contributed by atoms with Gasteiger partial charge in [0, 0.05) is 10.7 Å². The van der Waals surface area contributed by atoms with Crippen LogP contribution in [0.1, 0.15) is 36.7 Å². The van der Waals surface area contributed by atoms with Crippen molar-refractivity contribution in [1.29, 1.82) is 0 Å². The summed E-state index contributed by atoms with van der Waals surface area (Å²) in [5.74, 6) is 0. The Morgan fingerprint density at radius 1 is 1.25 bits per heavy atom. The molecule has 1 aliphatic rings. The molecule has 0 bridgehead atoms. The van der Waals surface area contributed by atoms with Crippen LogP contribution in [0.4, 0.5) is 5.69 Å². The molecule has 3 rings (SSSR count). The van der Waals surface area contributed by atoms with Crippen LogP contribution in [-0.2, 0) is 6.42 Å². The zero-order valence-electron chi connectivity index (χ0n) is 12.1. The molecule has 3 heteroatoms. The highest BCUT2D eigenvalue weighted by atomic mass is 35.5. The average molecular weight is 287 g/mol. The van der Waals surface area contributed by atoms with Crippen LogP contribution in [0.3, 0.4) is 0 Å². The molecule has 2 nitrogen and oxygen atoms in total. The molecule has 0 saturated carbocycles. The normalized spacial score (nSPS) is 19.7. The number of fused-ring (bicyclic) bond motifs is 1. The second-order valence-corrected chi connectivity index (χ2v) is 6.71. The summed E-state index contributed by atoms with van der Waals surface area (Å²) in [6, 6.07) is 10.6. The van der Waals surface area contributed by atoms with E-state index in [4.69, 9.17) is 11.6 Å². The lowest BCUT2D eigenvalue weighted by Crippen LogP contribution is -2.24. The van der Waals surface area contributed by atoms with E-state index in [1.807, 2.05) is 25.3 Å². The molecule has 20 heavy (non-hydrogen) atoms. The number of aryl methyl sites for hydroxylation is 1. The molecule has 1 heterocycles. The molecule has 0 amide bonds. The van der Waals surface area contributed by atoms with Gasteiger partial charge in [0.05, 0.1) is 17.9 Å². The van der Waals surface area contributed by atoms with E-state index in [9.17, 15) is 0 Å². The molecule has 0 radical (unpaired) electrons. The highest BCUT2D eigenvalue weighted by Gasteiger charge is 2.38. The summed E-state index contributed by atoms with van der Waals surface area (Å²) in [5, 5.41) is 4.42. The Morgan fingerprint density at radius 3 is 2.75 bits per heavy atom. The van der Waals surface area contributed by atoms with Gasteiger partial charge in [0.15, 0.2) is 0 Å². The summed E-state index contributed by atoms with van der Waals surface area (Å²) in [6.07, 6.45) is 2.96. The van der Waals surface area contributed by atoms with Gasteiger partial charge in [-0.25, -0.2) is 0 Å². The van der Waals surface area contributed by atoms with Crippen LogP contribution in [0.2, 0.25) is 5.02 Å². The van der Waals surface area contributed by atoms with E-state index in [0.717, 1.165) is 22.8 Å². The third kappa shape index (κ3) is 2.40. The number of halogens is 1. The molecule has 1 aromatic heterocycles. The largest absolute Gasteiger partial charge is 0.376 e. The molecular weight excluding hydrogens is 268 g/mol. The molecule has 1 atom stereocenters. The van der Waals surface area contributed by atoms with Crippen molar-refractivity contribution in [2.75, 3.05) is 5.32 Å².